The lowest BCUT2D eigenvalue weighted by molar-refractivity contribution is 0.102. The zero-order valence-electron chi connectivity index (χ0n) is 10.3. The minimum Gasteiger partial charge on any atom is -0.287 e. The molecule has 3 nitrogen and oxygen atoms in total. The normalized spacial score (nSPS) is 11.1. The van der Waals surface area contributed by atoms with Crippen LogP contribution in [0.4, 0.5) is 0 Å². The summed E-state index contributed by atoms with van der Waals surface area (Å²) in [6.45, 7) is 3.98. The van der Waals surface area contributed by atoms with Gasteiger partial charge in [-0.05, 0) is 48.0 Å². The summed E-state index contributed by atoms with van der Waals surface area (Å²) in [5.74, 6) is -0.0637. The highest BCUT2D eigenvalue weighted by Gasteiger charge is 2.22. The van der Waals surface area contributed by atoms with Gasteiger partial charge in [0, 0.05) is 20.6 Å². The van der Waals surface area contributed by atoms with Crippen LogP contribution in [0.5, 0.6) is 0 Å². The lowest BCUT2D eigenvalue weighted by Crippen LogP contribution is -2.14. The summed E-state index contributed by atoms with van der Waals surface area (Å²) in [4.78, 5) is 12.7. The Kier molecular flexibility index (Phi) is 4.63. The molecule has 1 aromatic heterocycles. The summed E-state index contributed by atoms with van der Waals surface area (Å²) in [6.07, 6.45) is 1.65. The summed E-state index contributed by atoms with van der Waals surface area (Å²) in [6, 6.07) is 5.66. The number of benzene rings is 1. The van der Waals surface area contributed by atoms with Crippen LogP contribution in [0.1, 0.15) is 35.9 Å². The van der Waals surface area contributed by atoms with Crippen molar-refractivity contribution >= 4 is 53.6 Å². The number of carbonyl (C=O) groups excluding carboxylic acids is 1. The van der Waals surface area contributed by atoms with Crippen molar-refractivity contribution in [3.63, 3.8) is 0 Å². The fraction of sp³-hybridized carbons (Fsp3) is 0.231. The number of hydrogen-bond donors (Lipinski definition) is 0. The number of halogens is 3. The highest BCUT2D eigenvalue weighted by Crippen LogP contribution is 2.28. The second-order valence-corrected chi connectivity index (χ2v) is 6.96. The summed E-state index contributed by atoms with van der Waals surface area (Å²) in [7, 11) is 0. The van der Waals surface area contributed by atoms with E-state index in [0.717, 1.165) is 8.95 Å². The highest BCUT2D eigenvalue weighted by atomic mass is 79.9. The smallest absolute Gasteiger partial charge is 0.213 e. The summed E-state index contributed by atoms with van der Waals surface area (Å²) < 4.78 is 4.06. The fourth-order valence-electron chi connectivity index (χ4n) is 1.74. The van der Waals surface area contributed by atoms with E-state index in [0.29, 0.717) is 15.7 Å². The van der Waals surface area contributed by atoms with Gasteiger partial charge in [0.1, 0.15) is 5.69 Å². The lowest BCUT2D eigenvalue weighted by Gasteiger charge is -2.11. The van der Waals surface area contributed by atoms with Gasteiger partial charge in [-0.2, -0.15) is 5.10 Å². The SMILES string of the molecule is CC(C)n1ncc(Br)c1C(=O)c1cc(Br)ccc1Br. The van der Waals surface area contributed by atoms with Crippen molar-refractivity contribution in [1.29, 1.82) is 0 Å². The van der Waals surface area contributed by atoms with Gasteiger partial charge in [0.05, 0.1) is 10.7 Å². The Bertz CT molecular complexity index is 635. The monoisotopic (exact) mass is 448 g/mol. The molecule has 0 amide bonds. The van der Waals surface area contributed by atoms with Crippen molar-refractivity contribution in [2.75, 3.05) is 0 Å². The van der Waals surface area contributed by atoms with Crippen molar-refractivity contribution in [3.8, 4) is 0 Å². The average Bonchev–Trinajstić information content (AvgIpc) is 2.73. The van der Waals surface area contributed by atoms with Crippen LogP contribution >= 0.6 is 47.8 Å². The van der Waals surface area contributed by atoms with Crippen LogP contribution in [-0.2, 0) is 0 Å². The van der Waals surface area contributed by atoms with Gasteiger partial charge in [-0.1, -0.05) is 31.9 Å². The molecule has 19 heavy (non-hydrogen) atoms. The lowest BCUT2D eigenvalue weighted by atomic mass is 10.1. The van der Waals surface area contributed by atoms with Gasteiger partial charge in [-0.15, -0.1) is 0 Å². The molecule has 0 saturated carbocycles. The van der Waals surface area contributed by atoms with Crippen LogP contribution in [-0.4, -0.2) is 15.6 Å². The summed E-state index contributed by atoms with van der Waals surface area (Å²) >= 11 is 10.2. The van der Waals surface area contributed by atoms with E-state index in [4.69, 9.17) is 0 Å². The predicted octanol–water partition coefficient (Wildman–Crippen LogP) is 4.98. The Morgan fingerprint density at radius 1 is 1.21 bits per heavy atom. The minimum atomic E-state index is -0.0637. The molecule has 0 unspecified atom stereocenters. The maximum Gasteiger partial charge on any atom is 0.213 e. The molecule has 0 fully saturated rings. The first-order valence-electron chi connectivity index (χ1n) is 5.64. The zero-order valence-corrected chi connectivity index (χ0v) is 15.1. The number of nitrogens with zero attached hydrogens (tertiary/aromatic N) is 2. The molecule has 100 valence electrons. The maximum absolute atomic E-state index is 12.7. The van der Waals surface area contributed by atoms with E-state index in [-0.39, 0.29) is 11.8 Å². The van der Waals surface area contributed by atoms with Crippen LogP contribution in [0.2, 0.25) is 0 Å². The molecule has 0 aliphatic heterocycles. The van der Waals surface area contributed by atoms with Crippen LogP contribution in [0.25, 0.3) is 0 Å². The van der Waals surface area contributed by atoms with E-state index >= 15 is 0 Å². The van der Waals surface area contributed by atoms with Crippen molar-refractivity contribution in [1.82, 2.24) is 9.78 Å². The van der Waals surface area contributed by atoms with Gasteiger partial charge in [-0.25, -0.2) is 0 Å². The number of carbonyl (C=O) groups is 1. The Morgan fingerprint density at radius 2 is 1.89 bits per heavy atom. The molecule has 0 saturated heterocycles. The summed E-state index contributed by atoms with van der Waals surface area (Å²) in [5.41, 5.74) is 1.17. The van der Waals surface area contributed by atoms with E-state index in [1.165, 1.54) is 0 Å². The van der Waals surface area contributed by atoms with Crippen LogP contribution < -0.4 is 0 Å². The fourth-order valence-corrected chi connectivity index (χ4v) is 2.99. The maximum atomic E-state index is 12.7. The van der Waals surface area contributed by atoms with E-state index in [2.05, 4.69) is 52.9 Å². The Hall–Kier alpha value is -0.460. The van der Waals surface area contributed by atoms with Crippen molar-refractivity contribution in [2.45, 2.75) is 19.9 Å². The van der Waals surface area contributed by atoms with Crippen molar-refractivity contribution in [3.05, 3.63) is 49.1 Å². The van der Waals surface area contributed by atoms with E-state index in [1.54, 1.807) is 16.9 Å². The second kappa shape index (κ2) is 5.89. The van der Waals surface area contributed by atoms with E-state index < -0.39 is 0 Å². The third-order valence-electron chi connectivity index (χ3n) is 2.63. The van der Waals surface area contributed by atoms with Crippen LogP contribution in [0.15, 0.2) is 37.8 Å². The molecule has 2 rings (SSSR count). The largest absolute Gasteiger partial charge is 0.287 e. The molecule has 1 aromatic carbocycles. The van der Waals surface area contributed by atoms with E-state index in [9.17, 15) is 4.79 Å². The number of hydrogen-bond acceptors (Lipinski definition) is 2. The number of aromatic nitrogens is 2. The van der Waals surface area contributed by atoms with Gasteiger partial charge < -0.3 is 0 Å². The molecule has 6 heteroatoms. The molecular weight excluding hydrogens is 440 g/mol. The highest BCUT2D eigenvalue weighted by molar-refractivity contribution is 9.11. The Morgan fingerprint density at radius 3 is 2.53 bits per heavy atom. The minimum absolute atomic E-state index is 0.0637. The molecule has 1 heterocycles. The average molecular weight is 451 g/mol. The molecular formula is C13H11Br3N2O. The van der Waals surface area contributed by atoms with Gasteiger partial charge in [0.15, 0.2) is 0 Å². The van der Waals surface area contributed by atoms with Gasteiger partial charge in [0.2, 0.25) is 5.78 Å². The molecule has 0 aliphatic rings. The predicted molar refractivity (Wildman–Crippen MR) is 85.6 cm³/mol. The molecule has 0 radical (unpaired) electrons. The topological polar surface area (TPSA) is 34.9 Å². The van der Waals surface area contributed by atoms with Crippen LogP contribution in [0.3, 0.4) is 0 Å². The first kappa shape index (κ1) is 14.9. The first-order chi connectivity index (χ1) is 8.91. The molecule has 0 atom stereocenters. The number of ketones is 1. The molecule has 0 aliphatic carbocycles. The van der Waals surface area contributed by atoms with Gasteiger partial charge in [-0.3, -0.25) is 9.48 Å². The standard InChI is InChI=1S/C13H11Br3N2O/c1-7(2)18-12(11(16)6-17-18)13(19)9-5-8(14)3-4-10(9)15/h3-7H,1-2H3. The van der Waals surface area contributed by atoms with Gasteiger partial charge in [0.25, 0.3) is 0 Å². The van der Waals surface area contributed by atoms with E-state index in [1.807, 2.05) is 26.0 Å². The van der Waals surface area contributed by atoms with Crippen molar-refractivity contribution < 1.29 is 4.79 Å². The second-order valence-electron chi connectivity index (χ2n) is 4.33. The Labute approximate surface area is 136 Å². The zero-order chi connectivity index (χ0) is 14.2. The number of rotatable bonds is 3. The molecule has 0 bridgehead atoms. The molecule has 0 N–H and O–H groups in total. The third kappa shape index (κ3) is 3.01. The Balaban J connectivity index is 2.56. The first-order valence-corrected chi connectivity index (χ1v) is 8.02. The summed E-state index contributed by atoms with van der Waals surface area (Å²) in [5, 5.41) is 4.24. The van der Waals surface area contributed by atoms with Crippen LogP contribution in [0, 0.1) is 0 Å². The molecule has 2 aromatic rings. The quantitative estimate of drug-likeness (QED) is 0.618. The third-order valence-corrected chi connectivity index (χ3v) is 4.39. The molecule has 0 spiro atoms. The van der Waals surface area contributed by atoms with Crippen molar-refractivity contribution in [2.24, 2.45) is 0 Å². The van der Waals surface area contributed by atoms with Gasteiger partial charge >= 0.3 is 0 Å².